The summed E-state index contributed by atoms with van der Waals surface area (Å²) in [6, 6.07) is 8.47. The molecule has 4 nitrogen and oxygen atoms in total. The summed E-state index contributed by atoms with van der Waals surface area (Å²) in [7, 11) is 0. The molecule has 0 radical (unpaired) electrons. The lowest BCUT2D eigenvalue weighted by molar-refractivity contribution is -0.133. The number of carbonyl (C=O) groups is 1. The molecule has 120 valence electrons. The third-order valence-corrected chi connectivity index (χ3v) is 5.16. The topological polar surface area (TPSA) is 26.8 Å². The number of likely N-dealkylation sites (tertiary alicyclic amines) is 1. The van der Waals surface area contributed by atoms with Crippen molar-refractivity contribution in [3.05, 3.63) is 28.7 Å². The number of nitrogens with zero attached hydrogens (tertiary/aromatic N) is 3. The highest BCUT2D eigenvalue weighted by molar-refractivity contribution is 9.10. The van der Waals surface area contributed by atoms with Crippen LogP contribution in [0.2, 0.25) is 0 Å². The highest BCUT2D eigenvalue weighted by atomic mass is 79.9. The quantitative estimate of drug-likeness (QED) is 0.823. The maximum absolute atomic E-state index is 12.3. The predicted octanol–water partition coefficient (Wildman–Crippen LogP) is 2.58. The summed E-state index contributed by atoms with van der Waals surface area (Å²) in [5.74, 6) is 0.316. The van der Waals surface area contributed by atoms with E-state index < -0.39 is 0 Å². The van der Waals surface area contributed by atoms with E-state index in [-0.39, 0.29) is 0 Å². The summed E-state index contributed by atoms with van der Waals surface area (Å²) in [6.45, 7) is 6.43. The number of rotatable bonds is 3. The van der Waals surface area contributed by atoms with Crippen molar-refractivity contribution in [1.82, 2.24) is 9.80 Å². The number of carbonyl (C=O) groups excluding carboxylic acids is 1. The summed E-state index contributed by atoms with van der Waals surface area (Å²) in [4.78, 5) is 19.1. The normalized spacial score (nSPS) is 20.2. The summed E-state index contributed by atoms with van der Waals surface area (Å²) >= 11 is 3.48. The van der Waals surface area contributed by atoms with Gasteiger partial charge in [-0.25, -0.2) is 0 Å². The third kappa shape index (κ3) is 4.02. The molecule has 1 aromatic rings. The van der Waals surface area contributed by atoms with Crippen molar-refractivity contribution in [2.75, 3.05) is 50.7 Å². The molecule has 0 atom stereocenters. The van der Waals surface area contributed by atoms with Gasteiger partial charge >= 0.3 is 0 Å². The van der Waals surface area contributed by atoms with E-state index in [0.29, 0.717) is 12.5 Å². The molecule has 3 rings (SSSR count). The van der Waals surface area contributed by atoms with Gasteiger partial charge in [0.1, 0.15) is 0 Å². The Balaban J connectivity index is 1.47. The Morgan fingerprint density at radius 1 is 0.909 bits per heavy atom. The fourth-order valence-corrected chi connectivity index (χ4v) is 3.52. The van der Waals surface area contributed by atoms with E-state index in [1.165, 1.54) is 24.9 Å². The number of benzene rings is 1. The molecule has 0 spiro atoms. The molecule has 2 saturated heterocycles. The zero-order chi connectivity index (χ0) is 15.4. The van der Waals surface area contributed by atoms with Crippen LogP contribution in [0.25, 0.3) is 0 Å². The highest BCUT2D eigenvalue weighted by Crippen LogP contribution is 2.20. The molecule has 0 bridgehead atoms. The molecule has 22 heavy (non-hydrogen) atoms. The molecule has 0 N–H and O–H groups in total. The second kappa shape index (κ2) is 7.47. The first-order valence-electron chi connectivity index (χ1n) is 8.23. The summed E-state index contributed by atoms with van der Waals surface area (Å²) in [5, 5.41) is 0. The van der Waals surface area contributed by atoms with Crippen molar-refractivity contribution >= 4 is 27.5 Å². The molecule has 2 fully saturated rings. The van der Waals surface area contributed by atoms with Crippen molar-refractivity contribution in [1.29, 1.82) is 0 Å². The molecule has 1 aromatic carbocycles. The third-order valence-electron chi connectivity index (χ3n) is 4.63. The van der Waals surface area contributed by atoms with Gasteiger partial charge in [-0.3, -0.25) is 9.69 Å². The van der Waals surface area contributed by atoms with E-state index in [4.69, 9.17) is 0 Å². The molecular weight excluding hydrogens is 342 g/mol. The van der Waals surface area contributed by atoms with Crippen molar-refractivity contribution < 1.29 is 4.79 Å². The molecule has 0 saturated carbocycles. The summed E-state index contributed by atoms with van der Waals surface area (Å²) in [6.07, 6.45) is 3.61. The van der Waals surface area contributed by atoms with Crippen molar-refractivity contribution in [3.8, 4) is 0 Å². The number of piperazine rings is 1. The van der Waals surface area contributed by atoms with Gasteiger partial charge in [-0.05, 0) is 43.5 Å². The molecule has 0 unspecified atom stereocenters. The van der Waals surface area contributed by atoms with Crippen LogP contribution in [0.3, 0.4) is 0 Å². The van der Waals surface area contributed by atoms with Gasteiger partial charge in [0.05, 0.1) is 6.54 Å². The van der Waals surface area contributed by atoms with E-state index in [0.717, 1.165) is 43.7 Å². The van der Waals surface area contributed by atoms with Crippen LogP contribution in [0.1, 0.15) is 19.3 Å². The maximum Gasteiger partial charge on any atom is 0.236 e. The number of hydrogen-bond donors (Lipinski definition) is 0. The van der Waals surface area contributed by atoms with Crippen molar-refractivity contribution in [3.63, 3.8) is 0 Å². The standard InChI is InChI=1S/C17H24BrN3O/c18-15-4-6-16(7-5-15)20-12-10-19(11-13-20)14-17(22)21-8-2-1-3-9-21/h4-7H,1-3,8-14H2. The second-order valence-electron chi connectivity index (χ2n) is 6.18. The number of halogens is 1. The molecule has 0 aliphatic carbocycles. The van der Waals surface area contributed by atoms with E-state index in [2.05, 4.69) is 50.0 Å². The van der Waals surface area contributed by atoms with Crippen LogP contribution in [0.4, 0.5) is 5.69 Å². The second-order valence-corrected chi connectivity index (χ2v) is 7.10. The van der Waals surface area contributed by atoms with E-state index in [1.807, 2.05) is 4.90 Å². The van der Waals surface area contributed by atoms with Crippen LogP contribution in [0.5, 0.6) is 0 Å². The maximum atomic E-state index is 12.3. The zero-order valence-corrected chi connectivity index (χ0v) is 14.6. The van der Waals surface area contributed by atoms with Crippen LogP contribution in [0.15, 0.2) is 28.7 Å². The van der Waals surface area contributed by atoms with Gasteiger partial charge in [-0.2, -0.15) is 0 Å². The fraction of sp³-hybridized carbons (Fsp3) is 0.588. The van der Waals surface area contributed by atoms with Gasteiger partial charge < -0.3 is 9.80 Å². The SMILES string of the molecule is O=C(CN1CCN(c2ccc(Br)cc2)CC1)N1CCCCC1. The lowest BCUT2D eigenvalue weighted by Crippen LogP contribution is -2.50. The minimum Gasteiger partial charge on any atom is -0.369 e. The molecule has 5 heteroatoms. The van der Waals surface area contributed by atoms with Crippen molar-refractivity contribution in [2.24, 2.45) is 0 Å². The molecule has 2 aliphatic heterocycles. The Bertz CT molecular complexity index is 491. The van der Waals surface area contributed by atoms with Gasteiger partial charge in [-0.15, -0.1) is 0 Å². The number of amides is 1. The van der Waals surface area contributed by atoms with Crippen LogP contribution >= 0.6 is 15.9 Å². The Hall–Kier alpha value is -1.07. The largest absolute Gasteiger partial charge is 0.369 e. The Morgan fingerprint density at radius 2 is 1.55 bits per heavy atom. The first kappa shape index (κ1) is 15.8. The van der Waals surface area contributed by atoms with E-state index in [1.54, 1.807) is 0 Å². The highest BCUT2D eigenvalue weighted by Gasteiger charge is 2.22. The van der Waals surface area contributed by atoms with Crippen molar-refractivity contribution in [2.45, 2.75) is 19.3 Å². The molecule has 1 amide bonds. The summed E-state index contributed by atoms with van der Waals surface area (Å²) in [5.41, 5.74) is 1.27. The Morgan fingerprint density at radius 3 is 2.18 bits per heavy atom. The van der Waals surface area contributed by atoms with Gasteiger partial charge in [-0.1, -0.05) is 15.9 Å². The molecule has 2 heterocycles. The first-order chi connectivity index (χ1) is 10.7. The van der Waals surface area contributed by atoms with Crippen LogP contribution in [-0.4, -0.2) is 61.5 Å². The fourth-order valence-electron chi connectivity index (χ4n) is 3.25. The smallest absolute Gasteiger partial charge is 0.236 e. The molecular formula is C17H24BrN3O. The van der Waals surface area contributed by atoms with Gasteiger partial charge in [0.15, 0.2) is 0 Å². The van der Waals surface area contributed by atoms with Gasteiger partial charge in [0, 0.05) is 49.4 Å². The minimum atomic E-state index is 0.316. The molecule has 0 aromatic heterocycles. The van der Waals surface area contributed by atoms with Crippen LogP contribution < -0.4 is 4.90 Å². The zero-order valence-electron chi connectivity index (χ0n) is 13.0. The Kier molecular flexibility index (Phi) is 5.37. The summed E-state index contributed by atoms with van der Waals surface area (Å²) < 4.78 is 1.11. The van der Waals surface area contributed by atoms with E-state index in [9.17, 15) is 4.79 Å². The number of hydrogen-bond acceptors (Lipinski definition) is 3. The minimum absolute atomic E-state index is 0.316. The lowest BCUT2D eigenvalue weighted by Gasteiger charge is -2.37. The van der Waals surface area contributed by atoms with Crippen LogP contribution in [0, 0.1) is 0 Å². The van der Waals surface area contributed by atoms with Gasteiger partial charge in [0.2, 0.25) is 5.91 Å². The van der Waals surface area contributed by atoms with Gasteiger partial charge in [0.25, 0.3) is 0 Å². The first-order valence-corrected chi connectivity index (χ1v) is 9.02. The lowest BCUT2D eigenvalue weighted by atomic mass is 10.1. The Labute approximate surface area is 141 Å². The average Bonchev–Trinajstić information content (AvgIpc) is 2.57. The number of anilines is 1. The van der Waals surface area contributed by atoms with Crippen LogP contribution in [-0.2, 0) is 4.79 Å². The predicted molar refractivity (Wildman–Crippen MR) is 93.2 cm³/mol. The monoisotopic (exact) mass is 365 g/mol. The average molecular weight is 366 g/mol. The number of piperidine rings is 1. The van der Waals surface area contributed by atoms with E-state index >= 15 is 0 Å². The molecule has 2 aliphatic rings.